The van der Waals surface area contributed by atoms with E-state index in [1.165, 1.54) is 17.3 Å². The number of carbonyl (C=O) groups is 1. The fraction of sp³-hybridized carbons (Fsp3) is 0.500. The Morgan fingerprint density at radius 3 is 2.79 bits per heavy atom. The fourth-order valence-corrected chi connectivity index (χ4v) is 2.93. The summed E-state index contributed by atoms with van der Waals surface area (Å²) in [4.78, 5) is 11.7. The van der Waals surface area contributed by atoms with Crippen LogP contribution in [-0.4, -0.2) is 28.4 Å². The lowest BCUT2D eigenvalue weighted by Crippen LogP contribution is -2.26. The van der Waals surface area contributed by atoms with Gasteiger partial charge in [0.2, 0.25) is 11.8 Å². The third kappa shape index (κ3) is 6.35. The number of hydrogen-bond acceptors (Lipinski definition) is 5. The third-order valence-corrected chi connectivity index (χ3v) is 4.55. The van der Waals surface area contributed by atoms with Crippen LogP contribution >= 0.6 is 11.8 Å². The number of nitrogens with zero attached hydrogens (tertiary/aromatic N) is 2. The highest BCUT2D eigenvalue weighted by Gasteiger charge is 2.13. The molecule has 0 aliphatic carbocycles. The molecule has 1 unspecified atom stereocenters. The molecule has 0 fully saturated rings. The molecule has 2 rings (SSSR count). The van der Waals surface area contributed by atoms with Crippen LogP contribution in [0.15, 0.2) is 40.0 Å². The van der Waals surface area contributed by atoms with Gasteiger partial charge < -0.3 is 9.73 Å². The van der Waals surface area contributed by atoms with Crippen molar-refractivity contribution < 1.29 is 9.21 Å². The van der Waals surface area contributed by atoms with Gasteiger partial charge in [0.1, 0.15) is 0 Å². The van der Waals surface area contributed by atoms with Crippen molar-refractivity contribution in [3.8, 4) is 0 Å². The Bertz CT molecular complexity index is 616. The minimum atomic E-state index is 0.00788. The number of carbonyl (C=O) groups excluding carboxylic acids is 1. The maximum atomic E-state index is 11.7. The molecule has 1 atom stereocenters. The standard InChI is InChI=1S/C18H25N3O2S/c1-3-4-8-11-19-16(22)13-24-18-21-20-17(23-18)12-14(2)15-9-6-5-7-10-15/h5-7,9-10,14H,3-4,8,11-13H2,1-2H3,(H,19,22). The zero-order chi connectivity index (χ0) is 17.2. The van der Waals surface area contributed by atoms with Crippen molar-refractivity contribution in [1.29, 1.82) is 0 Å². The van der Waals surface area contributed by atoms with Crippen LogP contribution in [0, 0.1) is 0 Å². The van der Waals surface area contributed by atoms with Crippen LogP contribution in [0.3, 0.4) is 0 Å². The first-order valence-electron chi connectivity index (χ1n) is 8.46. The SMILES string of the molecule is CCCCCNC(=O)CSc1nnc(CC(C)c2ccccc2)o1. The zero-order valence-corrected chi connectivity index (χ0v) is 15.1. The first kappa shape index (κ1) is 18.5. The van der Waals surface area contributed by atoms with Gasteiger partial charge in [0.15, 0.2) is 0 Å². The van der Waals surface area contributed by atoms with E-state index in [-0.39, 0.29) is 5.91 Å². The summed E-state index contributed by atoms with van der Waals surface area (Å²) < 4.78 is 5.63. The van der Waals surface area contributed by atoms with Crippen molar-refractivity contribution in [2.24, 2.45) is 0 Å². The molecule has 1 N–H and O–H groups in total. The molecule has 6 heteroatoms. The van der Waals surface area contributed by atoms with Gasteiger partial charge in [-0.1, -0.05) is 68.8 Å². The second kappa shape index (κ2) is 10.1. The largest absolute Gasteiger partial charge is 0.416 e. The maximum absolute atomic E-state index is 11.7. The van der Waals surface area contributed by atoms with Gasteiger partial charge in [-0.15, -0.1) is 10.2 Å². The van der Waals surface area contributed by atoms with E-state index >= 15 is 0 Å². The molecule has 5 nitrogen and oxygen atoms in total. The predicted molar refractivity (Wildman–Crippen MR) is 96.1 cm³/mol. The Morgan fingerprint density at radius 2 is 2.04 bits per heavy atom. The maximum Gasteiger partial charge on any atom is 0.277 e. The molecule has 0 saturated carbocycles. The zero-order valence-electron chi connectivity index (χ0n) is 14.3. The van der Waals surface area contributed by atoms with Crippen LogP contribution in [0.2, 0.25) is 0 Å². The normalized spacial score (nSPS) is 12.1. The number of rotatable bonds is 10. The average Bonchev–Trinajstić information content (AvgIpc) is 3.05. The first-order valence-corrected chi connectivity index (χ1v) is 9.44. The summed E-state index contributed by atoms with van der Waals surface area (Å²) in [5, 5.41) is 11.4. The Kier molecular flexibility index (Phi) is 7.82. The van der Waals surface area contributed by atoms with Crippen molar-refractivity contribution in [3.63, 3.8) is 0 Å². The van der Waals surface area contributed by atoms with E-state index in [1.807, 2.05) is 18.2 Å². The van der Waals surface area contributed by atoms with E-state index in [9.17, 15) is 4.79 Å². The average molecular weight is 347 g/mol. The Labute approximate surface area is 147 Å². The van der Waals surface area contributed by atoms with Crippen LogP contribution in [-0.2, 0) is 11.2 Å². The Morgan fingerprint density at radius 1 is 1.25 bits per heavy atom. The number of hydrogen-bond donors (Lipinski definition) is 1. The molecule has 1 aromatic carbocycles. The second-order valence-electron chi connectivity index (χ2n) is 5.82. The molecule has 1 amide bonds. The number of aromatic nitrogens is 2. The van der Waals surface area contributed by atoms with E-state index in [2.05, 4.69) is 41.5 Å². The van der Waals surface area contributed by atoms with Gasteiger partial charge in [-0.05, 0) is 17.9 Å². The van der Waals surface area contributed by atoms with Crippen molar-refractivity contribution >= 4 is 17.7 Å². The highest BCUT2D eigenvalue weighted by molar-refractivity contribution is 7.99. The van der Waals surface area contributed by atoms with Crippen molar-refractivity contribution in [3.05, 3.63) is 41.8 Å². The van der Waals surface area contributed by atoms with E-state index in [0.29, 0.717) is 29.2 Å². The number of thioether (sulfide) groups is 1. The molecule has 0 aliphatic rings. The van der Waals surface area contributed by atoms with Gasteiger partial charge in [0.05, 0.1) is 5.75 Å². The van der Waals surface area contributed by atoms with Crippen LogP contribution in [0.4, 0.5) is 0 Å². The lowest BCUT2D eigenvalue weighted by atomic mass is 9.98. The summed E-state index contributed by atoms with van der Waals surface area (Å²) >= 11 is 1.28. The van der Waals surface area contributed by atoms with E-state index in [4.69, 9.17) is 4.42 Å². The van der Waals surface area contributed by atoms with E-state index in [0.717, 1.165) is 25.8 Å². The van der Waals surface area contributed by atoms with Crippen LogP contribution in [0.5, 0.6) is 0 Å². The van der Waals surface area contributed by atoms with Gasteiger partial charge in [0, 0.05) is 13.0 Å². The molecule has 0 spiro atoms. The van der Waals surface area contributed by atoms with Crippen LogP contribution in [0.1, 0.15) is 50.5 Å². The van der Waals surface area contributed by atoms with Gasteiger partial charge in [-0.3, -0.25) is 4.79 Å². The molecule has 0 radical (unpaired) electrons. The van der Waals surface area contributed by atoms with Crippen LogP contribution in [0.25, 0.3) is 0 Å². The number of nitrogens with one attached hydrogen (secondary N) is 1. The second-order valence-corrected chi connectivity index (χ2v) is 6.75. The van der Waals surface area contributed by atoms with E-state index in [1.54, 1.807) is 0 Å². The van der Waals surface area contributed by atoms with E-state index < -0.39 is 0 Å². The summed E-state index contributed by atoms with van der Waals surface area (Å²) in [5.41, 5.74) is 1.25. The molecule has 0 saturated heterocycles. The predicted octanol–water partition coefficient (Wildman–Crippen LogP) is 3.81. The smallest absolute Gasteiger partial charge is 0.277 e. The quantitative estimate of drug-likeness (QED) is 0.523. The van der Waals surface area contributed by atoms with Gasteiger partial charge >= 0.3 is 0 Å². The monoisotopic (exact) mass is 347 g/mol. The summed E-state index contributed by atoms with van der Waals surface area (Å²) in [6.45, 7) is 5.01. The summed E-state index contributed by atoms with van der Waals surface area (Å²) in [6.07, 6.45) is 4.01. The van der Waals surface area contributed by atoms with Crippen molar-refractivity contribution in [2.75, 3.05) is 12.3 Å². The molecule has 2 aromatic rings. The molecular formula is C18H25N3O2S. The molecule has 0 bridgehead atoms. The summed E-state index contributed by atoms with van der Waals surface area (Å²) in [7, 11) is 0. The highest BCUT2D eigenvalue weighted by Crippen LogP contribution is 2.22. The lowest BCUT2D eigenvalue weighted by Gasteiger charge is -2.08. The fourth-order valence-electron chi connectivity index (χ4n) is 2.32. The molecule has 130 valence electrons. The Hall–Kier alpha value is -1.82. The molecular weight excluding hydrogens is 322 g/mol. The lowest BCUT2D eigenvalue weighted by molar-refractivity contribution is -0.118. The van der Waals surface area contributed by atoms with Gasteiger partial charge in [-0.2, -0.15) is 0 Å². The molecule has 24 heavy (non-hydrogen) atoms. The minimum absolute atomic E-state index is 0.00788. The minimum Gasteiger partial charge on any atom is -0.416 e. The van der Waals surface area contributed by atoms with Gasteiger partial charge in [0.25, 0.3) is 5.22 Å². The van der Waals surface area contributed by atoms with Crippen molar-refractivity contribution in [1.82, 2.24) is 15.5 Å². The number of benzene rings is 1. The highest BCUT2D eigenvalue weighted by atomic mass is 32.2. The summed E-state index contributed by atoms with van der Waals surface area (Å²) in [6, 6.07) is 10.3. The third-order valence-electron chi connectivity index (χ3n) is 3.73. The first-order chi connectivity index (χ1) is 11.7. The Balaban J connectivity index is 1.74. The number of amides is 1. The van der Waals surface area contributed by atoms with Crippen molar-refractivity contribution in [2.45, 2.75) is 50.7 Å². The molecule has 0 aliphatic heterocycles. The number of unbranched alkanes of at least 4 members (excludes halogenated alkanes) is 2. The molecule has 1 aromatic heterocycles. The summed E-state index contributed by atoms with van der Waals surface area (Å²) in [5.74, 6) is 1.24. The molecule has 1 heterocycles. The van der Waals surface area contributed by atoms with Gasteiger partial charge in [-0.25, -0.2) is 0 Å². The topological polar surface area (TPSA) is 68.0 Å². The van der Waals surface area contributed by atoms with Crippen LogP contribution < -0.4 is 5.32 Å².